The Kier molecular flexibility index (Phi) is 5.71. The molecule has 0 radical (unpaired) electrons. The van der Waals surface area contributed by atoms with Crippen molar-refractivity contribution in [2.24, 2.45) is 0 Å². The third-order valence-electron chi connectivity index (χ3n) is 4.34. The first-order valence-corrected chi connectivity index (χ1v) is 12.4. The van der Waals surface area contributed by atoms with Crippen LogP contribution in [0.2, 0.25) is 19.6 Å². The van der Waals surface area contributed by atoms with Crippen molar-refractivity contribution in [3.05, 3.63) is 65.8 Å². The van der Waals surface area contributed by atoms with Crippen molar-refractivity contribution in [3.63, 3.8) is 0 Å². The molecule has 1 heterocycles. The second-order valence-electron chi connectivity index (χ2n) is 7.50. The molecular formula is C20H22FN3O3Si. The quantitative estimate of drug-likeness (QED) is 0.622. The first-order valence-electron chi connectivity index (χ1n) is 8.90. The van der Waals surface area contributed by atoms with Gasteiger partial charge in [0, 0.05) is 11.1 Å². The van der Waals surface area contributed by atoms with Gasteiger partial charge in [0.2, 0.25) is 5.82 Å². The van der Waals surface area contributed by atoms with Gasteiger partial charge in [-0.3, -0.25) is 4.79 Å². The lowest BCUT2D eigenvalue weighted by atomic mass is 10.2. The first kappa shape index (κ1) is 19.9. The van der Waals surface area contributed by atoms with Crippen LogP contribution < -0.4 is 10.5 Å². The number of carbonyl (C=O) groups is 1. The Morgan fingerprint density at radius 1 is 1.14 bits per heavy atom. The van der Waals surface area contributed by atoms with Crippen LogP contribution in [0.5, 0.6) is 0 Å². The number of aliphatic hydroxyl groups is 1. The molecule has 28 heavy (non-hydrogen) atoms. The van der Waals surface area contributed by atoms with Crippen molar-refractivity contribution >= 4 is 19.2 Å². The van der Waals surface area contributed by atoms with E-state index in [9.17, 15) is 14.3 Å². The van der Waals surface area contributed by atoms with Crippen molar-refractivity contribution in [1.29, 1.82) is 0 Å². The van der Waals surface area contributed by atoms with E-state index >= 15 is 0 Å². The van der Waals surface area contributed by atoms with Gasteiger partial charge >= 0.3 is 0 Å². The molecule has 8 heteroatoms. The summed E-state index contributed by atoms with van der Waals surface area (Å²) in [5.41, 5.74) is 1.06. The van der Waals surface area contributed by atoms with Gasteiger partial charge in [-0.15, -0.1) is 0 Å². The molecule has 0 saturated carbocycles. The summed E-state index contributed by atoms with van der Waals surface area (Å²) in [4.78, 5) is 16.6. The van der Waals surface area contributed by atoms with E-state index < -0.39 is 32.4 Å². The Labute approximate surface area is 163 Å². The Bertz CT molecular complexity index is 950. The highest BCUT2D eigenvalue weighted by molar-refractivity contribution is 6.88. The molecule has 0 spiro atoms. The zero-order valence-electron chi connectivity index (χ0n) is 15.9. The number of aromatic nitrogens is 2. The maximum atomic E-state index is 13.0. The van der Waals surface area contributed by atoms with Gasteiger partial charge in [-0.25, -0.2) is 4.39 Å². The molecule has 2 aromatic carbocycles. The standard InChI is InChI=1S/C20H22FN3O3Si/c1-28(2,3)16-10-6-13(7-11-16)18-23-20(27-24-18)17(12-25)22-19(26)14-4-8-15(21)9-5-14/h4-11,17,25H,12H2,1-3H3,(H,22,26). The summed E-state index contributed by atoms with van der Waals surface area (Å²) in [6, 6.07) is 12.3. The molecule has 0 bridgehead atoms. The highest BCUT2D eigenvalue weighted by Gasteiger charge is 2.22. The number of nitrogens with one attached hydrogen (secondary N) is 1. The van der Waals surface area contributed by atoms with Gasteiger partial charge in [-0.05, 0) is 24.3 Å². The molecule has 3 aromatic rings. The topological polar surface area (TPSA) is 88.3 Å². The second kappa shape index (κ2) is 8.03. The van der Waals surface area contributed by atoms with Gasteiger partial charge in [0.1, 0.15) is 11.9 Å². The minimum absolute atomic E-state index is 0.0993. The van der Waals surface area contributed by atoms with Crippen LogP contribution in [0, 0.1) is 5.82 Å². The van der Waals surface area contributed by atoms with Crippen LogP contribution in [0.4, 0.5) is 4.39 Å². The molecule has 1 atom stereocenters. The van der Waals surface area contributed by atoms with Gasteiger partial charge in [-0.1, -0.05) is 54.2 Å². The molecular weight excluding hydrogens is 377 g/mol. The average Bonchev–Trinajstić information content (AvgIpc) is 3.16. The van der Waals surface area contributed by atoms with Gasteiger partial charge < -0.3 is 14.9 Å². The van der Waals surface area contributed by atoms with Crippen LogP contribution in [-0.4, -0.2) is 35.8 Å². The maximum Gasteiger partial charge on any atom is 0.251 e. The Morgan fingerprint density at radius 2 is 1.79 bits per heavy atom. The van der Waals surface area contributed by atoms with E-state index in [0.717, 1.165) is 5.56 Å². The predicted octanol–water partition coefficient (Wildman–Crippen LogP) is 2.88. The van der Waals surface area contributed by atoms with Gasteiger partial charge in [0.05, 0.1) is 14.7 Å². The van der Waals surface area contributed by atoms with Crippen LogP contribution in [0.1, 0.15) is 22.3 Å². The fourth-order valence-corrected chi connectivity index (χ4v) is 3.81. The molecule has 146 valence electrons. The summed E-state index contributed by atoms with van der Waals surface area (Å²) in [6.45, 7) is 6.39. The summed E-state index contributed by atoms with van der Waals surface area (Å²) in [6.07, 6.45) is 0. The van der Waals surface area contributed by atoms with E-state index in [1.54, 1.807) is 0 Å². The van der Waals surface area contributed by atoms with Crippen LogP contribution in [0.25, 0.3) is 11.4 Å². The van der Waals surface area contributed by atoms with Crippen LogP contribution in [-0.2, 0) is 0 Å². The number of hydrogen-bond donors (Lipinski definition) is 2. The third kappa shape index (κ3) is 4.52. The van der Waals surface area contributed by atoms with Crippen molar-refractivity contribution in [1.82, 2.24) is 15.5 Å². The van der Waals surface area contributed by atoms with E-state index in [0.29, 0.717) is 5.82 Å². The van der Waals surface area contributed by atoms with E-state index in [1.165, 1.54) is 29.5 Å². The smallest absolute Gasteiger partial charge is 0.251 e. The molecule has 3 rings (SSSR count). The van der Waals surface area contributed by atoms with Crippen LogP contribution >= 0.6 is 0 Å². The van der Waals surface area contributed by atoms with Crippen molar-refractivity contribution in [2.75, 3.05) is 6.61 Å². The SMILES string of the molecule is C[Si](C)(C)c1ccc(-c2noc(C(CO)NC(=O)c3ccc(F)cc3)n2)cc1. The number of nitrogens with zero attached hydrogens (tertiary/aromatic N) is 2. The molecule has 1 amide bonds. The largest absolute Gasteiger partial charge is 0.394 e. The summed E-state index contributed by atoms with van der Waals surface area (Å²) < 4.78 is 18.2. The molecule has 0 fully saturated rings. The predicted molar refractivity (Wildman–Crippen MR) is 106 cm³/mol. The summed E-state index contributed by atoms with van der Waals surface area (Å²) >= 11 is 0. The van der Waals surface area contributed by atoms with Gasteiger partial charge in [0.15, 0.2) is 0 Å². The molecule has 0 aliphatic rings. The van der Waals surface area contributed by atoms with Gasteiger partial charge in [-0.2, -0.15) is 4.98 Å². The zero-order chi connectivity index (χ0) is 20.3. The minimum Gasteiger partial charge on any atom is -0.394 e. The lowest BCUT2D eigenvalue weighted by molar-refractivity contribution is 0.0901. The van der Waals surface area contributed by atoms with Crippen molar-refractivity contribution < 1.29 is 18.8 Å². The average molecular weight is 399 g/mol. The Morgan fingerprint density at radius 3 is 2.36 bits per heavy atom. The normalized spacial score (nSPS) is 12.6. The van der Waals surface area contributed by atoms with E-state index in [-0.39, 0.29) is 11.5 Å². The number of hydrogen-bond acceptors (Lipinski definition) is 5. The minimum atomic E-state index is -1.40. The number of carbonyl (C=O) groups excluding carboxylic acids is 1. The fraction of sp³-hybridized carbons (Fsp3) is 0.250. The molecule has 0 saturated heterocycles. The third-order valence-corrected chi connectivity index (χ3v) is 6.41. The van der Waals surface area contributed by atoms with Gasteiger partial charge in [0.25, 0.3) is 11.8 Å². The molecule has 6 nitrogen and oxygen atoms in total. The molecule has 1 aromatic heterocycles. The highest BCUT2D eigenvalue weighted by Crippen LogP contribution is 2.19. The number of rotatable bonds is 6. The monoisotopic (exact) mass is 399 g/mol. The Hall–Kier alpha value is -2.84. The highest BCUT2D eigenvalue weighted by atomic mass is 28.3. The van der Waals surface area contributed by atoms with Crippen LogP contribution in [0.3, 0.4) is 0 Å². The summed E-state index contributed by atoms with van der Waals surface area (Å²) in [5.74, 6) is -0.427. The summed E-state index contributed by atoms with van der Waals surface area (Å²) in [7, 11) is -1.40. The first-order chi connectivity index (χ1) is 13.3. The van der Waals surface area contributed by atoms with E-state index in [4.69, 9.17) is 4.52 Å². The van der Waals surface area contributed by atoms with E-state index in [1.807, 2.05) is 12.1 Å². The van der Waals surface area contributed by atoms with Crippen molar-refractivity contribution in [3.8, 4) is 11.4 Å². The molecule has 0 aliphatic carbocycles. The number of aliphatic hydroxyl groups excluding tert-OH is 1. The molecule has 2 N–H and O–H groups in total. The number of halogens is 1. The molecule has 1 unspecified atom stereocenters. The lowest BCUT2D eigenvalue weighted by Gasteiger charge is -2.16. The summed E-state index contributed by atoms with van der Waals surface area (Å²) in [5, 5.41) is 17.5. The van der Waals surface area contributed by atoms with Crippen LogP contribution in [0.15, 0.2) is 53.1 Å². The Balaban J connectivity index is 1.75. The maximum absolute atomic E-state index is 13.0. The van der Waals surface area contributed by atoms with Crippen molar-refractivity contribution in [2.45, 2.75) is 25.7 Å². The zero-order valence-corrected chi connectivity index (χ0v) is 16.9. The van der Waals surface area contributed by atoms with E-state index in [2.05, 4.69) is 47.2 Å². The lowest BCUT2D eigenvalue weighted by Crippen LogP contribution is -2.37. The fourth-order valence-electron chi connectivity index (χ4n) is 2.64. The second-order valence-corrected chi connectivity index (χ2v) is 12.6. The number of amides is 1. The molecule has 0 aliphatic heterocycles. The number of benzene rings is 2.